The Morgan fingerprint density at radius 1 is 1.50 bits per heavy atom. The summed E-state index contributed by atoms with van der Waals surface area (Å²) in [7, 11) is 0. The molecule has 1 aliphatic heterocycles. The molecule has 4 heteroatoms. The second-order valence-electron chi connectivity index (χ2n) is 4.75. The third kappa shape index (κ3) is 2.52. The first kappa shape index (κ1) is 12.6. The van der Waals surface area contributed by atoms with Gasteiger partial charge in [0.1, 0.15) is 0 Å². The van der Waals surface area contributed by atoms with Crippen LogP contribution in [0.25, 0.3) is 0 Å². The Hall–Kier alpha value is -1.86. The Morgan fingerprint density at radius 2 is 2.17 bits per heavy atom. The molecule has 0 bridgehead atoms. The minimum Gasteiger partial charge on any atom is -0.481 e. The van der Waals surface area contributed by atoms with Crippen LogP contribution in [0.1, 0.15) is 24.5 Å². The van der Waals surface area contributed by atoms with Crippen LogP contribution in [0.3, 0.4) is 0 Å². The molecule has 1 N–H and O–H groups in total. The molecule has 1 aromatic rings. The van der Waals surface area contributed by atoms with Crippen LogP contribution < -0.4 is 0 Å². The summed E-state index contributed by atoms with van der Waals surface area (Å²) in [5.74, 6) is -0.965. The van der Waals surface area contributed by atoms with Gasteiger partial charge in [-0.1, -0.05) is 12.1 Å². The van der Waals surface area contributed by atoms with Gasteiger partial charge in [0.15, 0.2) is 0 Å². The van der Waals surface area contributed by atoms with E-state index in [0.29, 0.717) is 12.0 Å². The number of likely N-dealkylation sites (tertiary alicyclic amines) is 1. The highest BCUT2D eigenvalue weighted by Gasteiger charge is 2.35. The summed E-state index contributed by atoms with van der Waals surface area (Å²) >= 11 is 0. The molecule has 1 fully saturated rings. The zero-order valence-electron chi connectivity index (χ0n) is 10.3. The molecule has 0 radical (unpaired) electrons. The van der Waals surface area contributed by atoms with Gasteiger partial charge in [0.2, 0.25) is 0 Å². The molecule has 0 aliphatic carbocycles. The summed E-state index contributed by atoms with van der Waals surface area (Å²) in [6.45, 7) is 3.53. The van der Waals surface area contributed by atoms with Crippen molar-refractivity contribution in [3.63, 3.8) is 0 Å². The average molecular weight is 244 g/mol. The van der Waals surface area contributed by atoms with Crippen LogP contribution >= 0.6 is 0 Å². The van der Waals surface area contributed by atoms with Crippen LogP contribution in [0.5, 0.6) is 0 Å². The van der Waals surface area contributed by atoms with Gasteiger partial charge in [-0.2, -0.15) is 5.26 Å². The molecule has 2 unspecified atom stereocenters. The first-order valence-electron chi connectivity index (χ1n) is 6.07. The first-order valence-corrected chi connectivity index (χ1v) is 6.07. The van der Waals surface area contributed by atoms with Gasteiger partial charge in [0, 0.05) is 12.6 Å². The summed E-state index contributed by atoms with van der Waals surface area (Å²) < 4.78 is 0. The van der Waals surface area contributed by atoms with Crippen LogP contribution in [0.2, 0.25) is 0 Å². The monoisotopic (exact) mass is 244 g/mol. The zero-order valence-corrected chi connectivity index (χ0v) is 10.3. The van der Waals surface area contributed by atoms with Gasteiger partial charge in [0.25, 0.3) is 0 Å². The van der Waals surface area contributed by atoms with Crippen LogP contribution in [-0.2, 0) is 11.3 Å². The number of hydrogen-bond acceptors (Lipinski definition) is 3. The van der Waals surface area contributed by atoms with E-state index in [0.717, 1.165) is 18.7 Å². The lowest BCUT2D eigenvalue weighted by Crippen LogP contribution is -2.32. The maximum Gasteiger partial charge on any atom is 0.308 e. The quantitative estimate of drug-likeness (QED) is 0.881. The smallest absolute Gasteiger partial charge is 0.308 e. The Labute approximate surface area is 106 Å². The molecule has 1 aliphatic rings. The summed E-state index contributed by atoms with van der Waals surface area (Å²) in [6, 6.07) is 9.61. The molecule has 4 nitrogen and oxygen atoms in total. The number of carboxylic acids is 1. The van der Waals surface area contributed by atoms with Crippen molar-refractivity contribution in [1.29, 1.82) is 5.26 Å². The highest BCUT2D eigenvalue weighted by Crippen LogP contribution is 2.25. The number of hydrogen-bond donors (Lipinski definition) is 1. The number of nitriles is 1. The van der Waals surface area contributed by atoms with Crippen molar-refractivity contribution in [2.45, 2.75) is 25.9 Å². The standard InChI is InChI=1S/C14H16N2O2/c1-10-13(14(17)18)6-7-16(10)9-12-4-2-11(8-15)3-5-12/h2-5,10,13H,6-7,9H2,1H3,(H,17,18). The molecule has 0 aromatic heterocycles. The topological polar surface area (TPSA) is 64.3 Å². The number of benzene rings is 1. The van der Waals surface area contributed by atoms with Crippen LogP contribution in [0, 0.1) is 17.2 Å². The van der Waals surface area contributed by atoms with E-state index in [1.165, 1.54) is 0 Å². The van der Waals surface area contributed by atoms with Crippen molar-refractivity contribution in [2.24, 2.45) is 5.92 Å². The van der Waals surface area contributed by atoms with Crippen molar-refractivity contribution in [2.75, 3.05) is 6.54 Å². The Balaban J connectivity index is 2.02. The highest BCUT2D eigenvalue weighted by molar-refractivity contribution is 5.71. The van der Waals surface area contributed by atoms with Gasteiger partial charge >= 0.3 is 5.97 Å². The van der Waals surface area contributed by atoms with E-state index in [1.807, 2.05) is 19.1 Å². The van der Waals surface area contributed by atoms with E-state index < -0.39 is 5.97 Å². The molecular weight excluding hydrogens is 228 g/mol. The van der Waals surface area contributed by atoms with Gasteiger partial charge in [-0.05, 0) is 37.6 Å². The van der Waals surface area contributed by atoms with E-state index in [1.54, 1.807) is 12.1 Å². The minimum atomic E-state index is -0.704. The van der Waals surface area contributed by atoms with Crippen LogP contribution in [0.4, 0.5) is 0 Å². The summed E-state index contributed by atoms with van der Waals surface area (Å²) in [4.78, 5) is 13.2. The largest absolute Gasteiger partial charge is 0.481 e. The Bertz CT molecular complexity index is 476. The number of nitrogens with zero attached hydrogens (tertiary/aromatic N) is 2. The molecule has 18 heavy (non-hydrogen) atoms. The molecule has 94 valence electrons. The molecular formula is C14H16N2O2. The normalized spacial score (nSPS) is 23.8. The van der Waals surface area contributed by atoms with Gasteiger partial charge in [-0.3, -0.25) is 9.69 Å². The van der Waals surface area contributed by atoms with Crippen molar-refractivity contribution in [3.8, 4) is 6.07 Å². The second kappa shape index (κ2) is 5.19. The lowest BCUT2D eigenvalue weighted by Gasteiger charge is -2.22. The fourth-order valence-electron chi connectivity index (χ4n) is 2.48. The van der Waals surface area contributed by atoms with E-state index in [-0.39, 0.29) is 12.0 Å². The van der Waals surface area contributed by atoms with Crippen LogP contribution in [-0.4, -0.2) is 28.6 Å². The third-order valence-corrected chi connectivity index (χ3v) is 3.67. The molecule has 2 rings (SSSR count). The molecule has 1 heterocycles. The van der Waals surface area contributed by atoms with Gasteiger partial charge < -0.3 is 5.11 Å². The van der Waals surface area contributed by atoms with Gasteiger partial charge in [-0.15, -0.1) is 0 Å². The van der Waals surface area contributed by atoms with Crippen molar-refractivity contribution < 1.29 is 9.90 Å². The average Bonchev–Trinajstić information content (AvgIpc) is 2.72. The number of rotatable bonds is 3. The fourth-order valence-corrected chi connectivity index (χ4v) is 2.48. The predicted octanol–water partition coefficient (Wildman–Crippen LogP) is 1.85. The maximum atomic E-state index is 11.0. The highest BCUT2D eigenvalue weighted by atomic mass is 16.4. The van der Waals surface area contributed by atoms with E-state index in [9.17, 15) is 4.79 Å². The molecule has 0 amide bonds. The molecule has 2 atom stereocenters. The zero-order chi connectivity index (χ0) is 13.1. The molecule has 0 spiro atoms. The van der Waals surface area contributed by atoms with Gasteiger partial charge in [0.05, 0.1) is 17.6 Å². The number of aliphatic carboxylic acids is 1. The maximum absolute atomic E-state index is 11.0. The predicted molar refractivity (Wildman–Crippen MR) is 66.8 cm³/mol. The Morgan fingerprint density at radius 3 is 2.67 bits per heavy atom. The second-order valence-corrected chi connectivity index (χ2v) is 4.75. The number of carbonyl (C=O) groups is 1. The van der Waals surface area contributed by atoms with E-state index in [4.69, 9.17) is 10.4 Å². The first-order chi connectivity index (χ1) is 8.61. The molecule has 0 saturated carbocycles. The van der Waals surface area contributed by atoms with Crippen LogP contribution in [0.15, 0.2) is 24.3 Å². The van der Waals surface area contributed by atoms with Crippen molar-refractivity contribution in [1.82, 2.24) is 4.90 Å². The van der Waals surface area contributed by atoms with Gasteiger partial charge in [-0.25, -0.2) is 0 Å². The Kier molecular flexibility index (Phi) is 3.63. The summed E-state index contributed by atoms with van der Waals surface area (Å²) in [6.07, 6.45) is 0.715. The summed E-state index contributed by atoms with van der Waals surface area (Å²) in [5.41, 5.74) is 1.77. The summed E-state index contributed by atoms with van der Waals surface area (Å²) in [5, 5.41) is 17.8. The van der Waals surface area contributed by atoms with E-state index in [2.05, 4.69) is 11.0 Å². The van der Waals surface area contributed by atoms with Crippen molar-refractivity contribution in [3.05, 3.63) is 35.4 Å². The lowest BCUT2D eigenvalue weighted by molar-refractivity contribution is -0.142. The van der Waals surface area contributed by atoms with E-state index >= 15 is 0 Å². The fraction of sp³-hybridized carbons (Fsp3) is 0.429. The minimum absolute atomic E-state index is 0.0677. The third-order valence-electron chi connectivity index (χ3n) is 3.67. The van der Waals surface area contributed by atoms with Crippen molar-refractivity contribution >= 4 is 5.97 Å². The SMILES string of the molecule is CC1C(C(=O)O)CCN1Cc1ccc(C#N)cc1. The molecule has 1 saturated heterocycles. The number of carboxylic acid groups (broad SMARTS) is 1. The lowest BCUT2D eigenvalue weighted by atomic mass is 10.0. The molecule has 1 aromatic carbocycles.